The molecule has 5 heterocycles. The number of nitrogens with one attached hydrogen (secondary N) is 1. The van der Waals surface area contributed by atoms with E-state index in [0.29, 0.717) is 11.6 Å². The number of rotatable bonds is 6. The van der Waals surface area contributed by atoms with Crippen molar-refractivity contribution < 1.29 is 4.39 Å². The molecular weight excluding hydrogens is 459 g/mol. The predicted molar refractivity (Wildman–Crippen MR) is 133 cm³/mol. The van der Waals surface area contributed by atoms with E-state index >= 15 is 0 Å². The van der Waals surface area contributed by atoms with Gasteiger partial charge in [-0.25, -0.2) is 19.3 Å². The smallest absolute Gasteiger partial charge is 0.225 e. The van der Waals surface area contributed by atoms with Crippen molar-refractivity contribution in [3.8, 4) is 5.69 Å². The van der Waals surface area contributed by atoms with Crippen LogP contribution in [0.2, 0.25) is 0 Å². The number of anilines is 3. The summed E-state index contributed by atoms with van der Waals surface area (Å²) in [6.45, 7) is 3.90. The van der Waals surface area contributed by atoms with Gasteiger partial charge in [-0.2, -0.15) is 4.68 Å². The molecule has 1 N–H and O–H groups in total. The molecule has 1 aromatic carbocycles. The zero-order valence-electron chi connectivity index (χ0n) is 19.8. The van der Waals surface area contributed by atoms with Crippen LogP contribution in [-0.4, -0.2) is 52.6 Å². The Labute approximate surface area is 206 Å². The second-order valence-electron chi connectivity index (χ2n) is 8.85. The lowest BCUT2D eigenvalue weighted by atomic mass is 9.94. The van der Waals surface area contributed by atoms with Crippen LogP contribution in [0.25, 0.3) is 11.3 Å². The standard InChI is InChI=1S/C25H25FN10/c1-2-17-13-28-25(29-14-17)34-10-7-18(8-11-34)23-15-27-24-21(4-3-9-35(23)24)31-19-5-6-22(20(26)12-19)36-16-30-32-33-36/h3-6,9,12-16,18,31H,2,7-8,10-11H2,1H3. The first-order valence-corrected chi connectivity index (χ1v) is 12.0. The lowest BCUT2D eigenvalue weighted by Crippen LogP contribution is -2.34. The predicted octanol–water partition coefficient (Wildman–Crippen LogP) is 3.93. The lowest BCUT2D eigenvalue weighted by Gasteiger charge is -2.31. The summed E-state index contributed by atoms with van der Waals surface area (Å²) in [4.78, 5) is 16.0. The molecule has 10 nitrogen and oxygen atoms in total. The first-order chi connectivity index (χ1) is 17.7. The quantitative estimate of drug-likeness (QED) is 0.387. The largest absolute Gasteiger partial charge is 0.352 e. The highest BCUT2D eigenvalue weighted by Gasteiger charge is 2.25. The van der Waals surface area contributed by atoms with E-state index in [4.69, 9.17) is 4.98 Å². The number of pyridine rings is 1. The Bertz CT molecular complexity index is 1470. The maximum absolute atomic E-state index is 14.7. The summed E-state index contributed by atoms with van der Waals surface area (Å²) in [6.07, 6.45) is 12.1. The molecule has 6 rings (SSSR count). The average molecular weight is 485 g/mol. The van der Waals surface area contributed by atoms with Crippen molar-refractivity contribution in [2.45, 2.75) is 32.1 Å². The van der Waals surface area contributed by atoms with Crippen molar-refractivity contribution in [3.63, 3.8) is 0 Å². The molecule has 0 aliphatic carbocycles. The number of hydrogen-bond donors (Lipinski definition) is 1. The molecule has 1 aliphatic heterocycles. The fraction of sp³-hybridized carbons (Fsp3) is 0.280. The summed E-state index contributed by atoms with van der Waals surface area (Å²) in [5, 5.41) is 14.2. The van der Waals surface area contributed by atoms with Gasteiger partial charge in [0.1, 0.15) is 12.0 Å². The van der Waals surface area contributed by atoms with Crippen LogP contribution in [0.3, 0.4) is 0 Å². The van der Waals surface area contributed by atoms with Gasteiger partial charge in [-0.3, -0.25) is 0 Å². The topological polar surface area (TPSA) is 102 Å². The van der Waals surface area contributed by atoms with Crippen LogP contribution < -0.4 is 10.2 Å². The van der Waals surface area contributed by atoms with E-state index in [1.54, 1.807) is 12.1 Å². The number of benzene rings is 1. The lowest BCUT2D eigenvalue weighted by molar-refractivity contribution is 0.488. The fourth-order valence-electron chi connectivity index (χ4n) is 4.70. The van der Waals surface area contributed by atoms with Gasteiger partial charge in [0.15, 0.2) is 11.5 Å². The zero-order chi connectivity index (χ0) is 24.5. The molecule has 0 unspecified atom stereocenters. The van der Waals surface area contributed by atoms with E-state index in [0.717, 1.165) is 55.2 Å². The van der Waals surface area contributed by atoms with Gasteiger partial charge in [0.05, 0.1) is 5.69 Å². The van der Waals surface area contributed by atoms with Crippen molar-refractivity contribution in [2.24, 2.45) is 0 Å². The molecule has 36 heavy (non-hydrogen) atoms. The third-order valence-electron chi connectivity index (χ3n) is 6.68. The molecule has 1 saturated heterocycles. The molecule has 0 atom stereocenters. The maximum Gasteiger partial charge on any atom is 0.225 e. The third-order valence-corrected chi connectivity index (χ3v) is 6.68. The van der Waals surface area contributed by atoms with Crippen LogP contribution >= 0.6 is 0 Å². The van der Waals surface area contributed by atoms with Gasteiger partial charge in [0.25, 0.3) is 0 Å². The van der Waals surface area contributed by atoms with Crippen LogP contribution in [0.5, 0.6) is 0 Å². The maximum atomic E-state index is 14.7. The van der Waals surface area contributed by atoms with Gasteiger partial charge in [0, 0.05) is 55.2 Å². The summed E-state index contributed by atoms with van der Waals surface area (Å²) in [7, 11) is 0. The number of aryl methyl sites for hydroxylation is 1. The summed E-state index contributed by atoms with van der Waals surface area (Å²) in [5.41, 5.74) is 4.83. The number of halogens is 1. The summed E-state index contributed by atoms with van der Waals surface area (Å²) < 4.78 is 18.1. The van der Waals surface area contributed by atoms with Crippen LogP contribution in [0.4, 0.5) is 21.7 Å². The molecule has 0 amide bonds. The van der Waals surface area contributed by atoms with Crippen molar-refractivity contribution in [1.29, 1.82) is 0 Å². The van der Waals surface area contributed by atoms with Crippen molar-refractivity contribution in [1.82, 2.24) is 39.6 Å². The number of imidazole rings is 1. The normalized spacial score (nSPS) is 14.4. The van der Waals surface area contributed by atoms with Gasteiger partial charge in [-0.05, 0) is 65.6 Å². The summed E-state index contributed by atoms with van der Waals surface area (Å²) in [5.74, 6) is 0.756. The van der Waals surface area contributed by atoms with Gasteiger partial charge >= 0.3 is 0 Å². The van der Waals surface area contributed by atoms with E-state index in [9.17, 15) is 4.39 Å². The molecule has 0 bridgehead atoms. The van der Waals surface area contributed by atoms with E-state index in [1.165, 1.54) is 22.8 Å². The molecule has 1 aliphatic rings. The average Bonchev–Trinajstić information content (AvgIpc) is 3.60. The Morgan fingerprint density at radius 1 is 1.06 bits per heavy atom. The Morgan fingerprint density at radius 2 is 1.89 bits per heavy atom. The monoisotopic (exact) mass is 484 g/mol. The summed E-state index contributed by atoms with van der Waals surface area (Å²) >= 11 is 0. The second kappa shape index (κ2) is 9.33. The number of aromatic nitrogens is 8. The minimum Gasteiger partial charge on any atom is -0.352 e. The molecule has 4 aromatic heterocycles. The highest BCUT2D eigenvalue weighted by atomic mass is 19.1. The Morgan fingerprint density at radius 3 is 2.61 bits per heavy atom. The first-order valence-electron chi connectivity index (χ1n) is 12.0. The summed E-state index contributed by atoms with van der Waals surface area (Å²) in [6, 6.07) is 8.77. The second-order valence-corrected chi connectivity index (χ2v) is 8.85. The third kappa shape index (κ3) is 4.12. The highest BCUT2D eigenvalue weighted by Crippen LogP contribution is 2.32. The Hall–Kier alpha value is -4.41. The van der Waals surface area contributed by atoms with Crippen molar-refractivity contribution in [2.75, 3.05) is 23.3 Å². The molecule has 11 heteroatoms. The number of piperidine rings is 1. The molecule has 0 saturated carbocycles. The van der Waals surface area contributed by atoms with E-state index in [-0.39, 0.29) is 5.69 Å². The fourth-order valence-corrected chi connectivity index (χ4v) is 4.70. The molecule has 0 spiro atoms. The molecule has 182 valence electrons. The van der Waals surface area contributed by atoms with E-state index < -0.39 is 5.82 Å². The molecule has 0 radical (unpaired) electrons. The zero-order valence-corrected chi connectivity index (χ0v) is 19.8. The van der Waals surface area contributed by atoms with Gasteiger partial charge < -0.3 is 14.6 Å². The molecule has 1 fully saturated rings. The van der Waals surface area contributed by atoms with Crippen LogP contribution in [0.15, 0.2) is 61.4 Å². The number of fused-ring (bicyclic) bond motifs is 1. The van der Waals surface area contributed by atoms with Gasteiger partial charge in [-0.1, -0.05) is 6.92 Å². The Balaban J connectivity index is 1.19. The van der Waals surface area contributed by atoms with Crippen LogP contribution in [0, 0.1) is 5.82 Å². The van der Waals surface area contributed by atoms with E-state index in [2.05, 4.69) is 47.0 Å². The van der Waals surface area contributed by atoms with Gasteiger partial charge in [0.2, 0.25) is 5.95 Å². The van der Waals surface area contributed by atoms with Gasteiger partial charge in [-0.15, -0.1) is 5.10 Å². The minimum absolute atomic E-state index is 0.282. The first kappa shape index (κ1) is 22.1. The molecular formula is C25H25FN10. The Kier molecular flexibility index (Phi) is 5.72. The van der Waals surface area contributed by atoms with Crippen molar-refractivity contribution >= 4 is 23.0 Å². The van der Waals surface area contributed by atoms with E-state index in [1.807, 2.05) is 36.9 Å². The minimum atomic E-state index is -0.427. The molecule has 5 aromatic rings. The van der Waals surface area contributed by atoms with Crippen molar-refractivity contribution in [3.05, 3.63) is 78.5 Å². The highest BCUT2D eigenvalue weighted by molar-refractivity contribution is 5.74. The number of hydrogen-bond acceptors (Lipinski definition) is 8. The number of tetrazole rings is 1. The van der Waals surface area contributed by atoms with Crippen LogP contribution in [-0.2, 0) is 6.42 Å². The van der Waals surface area contributed by atoms with Crippen LogP contribution in [0.1, 0.15) is 36.9 Å². The number of nitrogens with zero attached hydrogens (tertiary/aromatic N) is 9. The SMILES string of the molecule is CCc1cnc(N2CCC(c3cnc4c(Nc5ccc(-n6cnnn6)c(F)c5)cccn34)CC2)nc1.